The fourth-order valence-electron chi connectivity index (χ4n) is 2.39. The molecular formula is C16H30OSi. The van der Waals surface area contributed by atoms with Crippen LogP contribution in [0.2, 0.25) is 19.6 Å². The molecule has 18 heavy (non-hydrogen) atoms. The van der Waals surface area contributed by atoms with Crippen molar-refractivity contribution in [2.24, 2.45) is 0 Å². The van der Waals surface area contributed by atoms with E-state index in [1.807, 2.05) is 0 Å². The van der Waals surface area contributed by atoms with Crippen LogP contribution in [-0.4, -0.2) is 8.32 Å². The highest BCUT2D eigenvalue weighted by Crippen LogP contribution is 2.35. The molecular weight excluding hydrogens is 236 g/mol. The Hall–Kier alpha value is -0.503. The van der Waals surface area contributed by atoms with Crippen molar-refractivity contribution in [2.45, 2.75) is 78.4 Å². The largest absolute Gasteiger partial charge is 0.547 e. The summed E-state index contributed by atoms with van der Waals surface area (Å²) in [7, 11) is -1.46. The molecule has 2 heteroatoms. The second-order valence-electron chi connectivity index (χ2n) is 6.26. The molecule has 0 bridgehead atoms. The van der Waals surface area contributed by atoms with Gasteiger partial charge in [0, 0.05) is 6.42 Å². The Kier molecular flexibility index (Phi) is 6.20. The lowest BCUT2D eigenvalue weighted by molar-refractivity contribution is 0.407. The Morgan fingerprint density at radius 3 is 2.22 bits per heavy atom. The van der Waals surface area contributed by atoms with E-state index < -0.39 is 8.32 Å². The average Bonchev–Trinajstić information content (AvgIpc) is 2.64. The Bertz CT molecular complexity index is 320. The third-order valence-electron chi connectivity index (χ3n) is 3.27. The Labute approximate surface area is 114 Å². The van der Waals surface area contributed by atoms with E-state index in [9.17, 15) is 0 Å². The zero-order valence-corrected chi connectivity index (χ0v) is 13.9. The van der Waals surface area contributed by atoms with Crippen LogP contribution in [0.4, 0.5) is 0 Å². The molecule has 0 radical (unpaired) electrons. The van der Waals surface area contributed by atoms with Gasteiger partial charge in [-0.1, -0.05) is 32.8 Å². The van der Waals surface area contributed by atoms with E-state index in [1.165, 1.54) is 44.3 Å². The van der Waals surface area contributed by atoms with Gasteiger partial charge in [0.1, 0.15) is 0 Å². The van der Waals surface area contributed by atoms with Gasteiger partial charge in [-0.25, -0.2) is 0 Å². The van der Waals surface area contributed by atoms with Gasteiger partial charge in [0.2, 0.25) is 8.32 Å². The summed E-state index contributed by atoms with van der Waals surface area (Å²) in [4.78, 5) is 0. The van der Waals surface area contributed by atoms with E-state index in [4.69, 9.17) is 4.43 Å². The molecule has 0 amide bonds. The van der Waals surface area contributed by atoms with Crippen molar-refractivity contribution >= 4 is 8.32 Å². The van der Waals surface area contributed by atoms with E-state index in [0.717, 1.165) is 6.42 Å². The van der Waals surface area contributed by atoms with Crippen LogP contribution in [0.3, 0.4) is 0 Å². The van der Waals surface area contributed by atoms with E-state index in [-0.39, 0.29) is 0 Å². The van der Waals surface area contributed by atoms with Gasteiger partial charge in [0.25, 0.3) is 0 Å². The first-order valence-electron chi connectivity index (χ1n) is 7.58. The van der Waals surface area contributed by atoms with Crippen LogP contribution in [0.1, 0.15) is 58.8 Å². The number of allylic oxidation sites excluding steroid dienone is 3. The van der Waals surface area contributed by atoms with Crippen molar-refractivity contribution in [1.29, 1.82) is 0 Å². The van der Waals surface area contributed by atoms with Crippen LogP contribution in [0.5, 0.6) is 0 Å². The smallest absolute Gasteiger partial charge is 0.241 e. The minimum atomic E-state index is -1.46. The number of rotatable bonds is 8. The van der Waals surface area contributed by atoms with Crippen molar-refractivity contribution in [3.05, 3.63) is 23.0 Å². The topological polar surface area (TPSA) is 9.23 Å². The fraction of sp³-hybridized carbons (Fsp3) is 0.750. The normalized spacial score (nSPS) is 16.2. The van der Waals surface area contributed by atoms with Gasteiger partial charge < -0.3 is 4.43 Å². The second kappa shape index (κ2) is 7.18. The molecule has 0 fully saturated rings. The number of hydrogen-bond donors (Lipinski definition) is 0. The summed E-state index contributed by atoms with van der Waals surface area (Å²) >= 11 is 0. The predicted molar refractivity (Wildman–Crippen MR) is 83.2 cm³/mol. The van der Waals surface area contributed by atoms with E-state index in [2.05, 4.69) is 39.6 Å². The molecule has 1 aliphatic rings. The zero-order valence-electron chi connectivity index (χ0n) is 12.9. The summed E-state index contributed by atoms with van der Waals surface area (Å²) in [5, 5.41) is 0. The third-order valence-corrected chi connectivity index (χ3v) is 4.13. The highest BCUT2D eigenvalue weighted by molar-refractivity contribution is 6.70. The van der Waals surface area contributed by atoms with E-state index in [1.54, 1.807) is 11.1 Å². The molecule has 0 N–H and O–H groups in total. The molecule has 0 aliphatic heterocycles. The van der Waals surface area contributed by atoms with Crippen molar-refractivity contribution in [3.63, 3.8) is 0 Å². The lowest BCUT2D eigenvalue weighted by Gasteiger charge is -2.22. The highest BCUT2D eigenvalue weighted by atomic mass is 28.4. The molecule has 0 aromatic rings. The van der Waals surface area contributed by atoms with Gasteiger partial charge in [-0.15, -0.1) is 0 Å². The van der Waals surface area contributed by atoms with Crippen molar-refractivity contribution in [2.75, 3.05) is 0 Å². The molecule has 104 valence electrons. The minimum Gasteiger partial charge on any atom is -0.547 e. The molecule has 0 saturated carbocycles. The first kappa shape index (κ1) is 15.6. The molecule has 0 saturated heterocycles. The van der Waals surface area contributed by atoms with Gasteiger partial charge in [0.05, 0.1) is 5.76 Å². The lowest BCUT2D eigenvalue weighted by atomic mass is 9.98. The fourth-order valence-corrected chi connectivity index (χ4v) is 3.33. The Morgan fingerprint density at radius 2 is 1.67 bits per heavy atom. The van der Waals surface area contributed by atoms with Gasteiger partial charge in [-0.2, -0.15) is 0 Å². The second-order valence-corrected chi connectivity index (χ2v) is 10.7. The quantitative estimate of drug-likeness (QED) is 0.504. The van der Waals surface area contributed by atoms with E-state index in [0.29, 0.717) is 0 Å². The molecule has 0 heterocycles. The summed E-state index contributed by atoms with van der Waals surface area (Å²) in [6, 6.07) is 0. The molecule has 1 rings (SSSR count). The average molecular weight is 267 g/mol. The Morgan fingerprint density at radius 1 is 1.06 bits per heavy atom. The summed E-state index contributed by atoms with van der Waals surface area (Å²) < 4.78 is 6.28. The molecule has 0 unspecified atom stereocenters. The maximum Gasteiger partial charge on any atom is 0.241 e. The monoisotopic (exact) mass is 266 g/mol. The summed E-state index contributed by atoms with van der Waals surface area (Å²) in [6.45, 7) is 11.4. The summed E-state index contributed by atoms with van der Waals surface area (Å²) in [5.74, 6) is 1.30. The molecule has 0 spiro atoms. The van der Waals surface area contributed by atoms with Crippen LogP contribution in [0.25, 0.3) is 0 Å². The van der Waals surface area contributed by atoms with E-state index >= 15 is 0 Å². The van der Waals surface area contributed by atoms with Crippen LogP contribution in [-0.2, 0) is 4.43 Å². The van der Waals surface area contributed by atoms with Crippen LogP contribution < -0.4 is 0 Å². The summed E-state index contributed by atoms with van der Waals surface area (Å²) in [5.41, 5.74) is 3.13. The maximum atomic E-state index is 6.28. The third kappa shape index (κ3) is 5.01. The van der Waals surface area contributed by atoms with Gasteiger partial charge in [-0.3, -0.25) is 0 Å². The lowest BCUT2D eigenvalue weighted by Crippen LogP contribution is -2.25. The zero-order chi connectivity index (χ0) is 13.6. The van der Waals surface area contributed by atoms with Crippen molar-refractivity contribution in [1.82, 2.24) is 0 Å². The van der Waals surface area contributed by atoms with Crippen molar-refractivity contribution < 1.29 is 4.43 Å². The van der Waals surface area contributed by atoms with Gasteiger partial charge >= 0.3 is 0 Å². The molecule has 0 aromatic heterocycles. The summed E-state index contributed by atoms with van der Waals surface area (Å²) in [6.07, 6.45) is 11.1. The van der Waals surface area contributed by atoms with Gasteiger partial charge in [-0.05, 0) is 56.5 Å². The molecule has 0 aromatic carbocycles. The molecule has 1 nitrogen and oxygen atoms in total. The number of hydrogen-bond acceptors (Lipinski definition) is 1. The van der Waals surface area contributed by atoms with Crippen LogP contribution in [0.15, 0.2) is 23.0 Å². The first-order valence-corrected chi connectivity index (χ1v) is 11.0. The molecule has 0 atom stereocenters. The maximum absolute atomic E-state index is 6.28. The minimum absolute atomic E-state index is 1.04. The van der Waals surface area contributed by atoms with Crippen LogP contribution in [0, 0.1) is 0 Å². The SMILES string of the molecule is CCCCC1=CCC(O[Si](C)(C)C)=C1CCCC. The molecule has 1 aliphatic carbocycles. The standard InChI is InChI=1S/C16H30OSi/c1-6-8-10-14-12-13-16(17-18(3,4)5)15(14)11-9-7-2/h12H,6-11,13H2,1-5H3. The highest BCUT2D eigenvalue weighted by Gasteiger charge is 2.23. The van der Waals surface area contributed by atoms with Gasteiger partial charge in [0.15, 0.2) is 0 Å². The van der Waals surface area contributed by atoms with Crippen molar-refractivity contribution in [3.8, 4) is 0 Å². The number of unbranched alkanes of at least 4 members (excludes halogenated alkanes) is 2. The first-order chi connectivity index (χ1) is 8.48. The predicted octanol–water partition coefficient (Wildman–Crippen LogP) is 5.80. The van der Waals surface area contributed by atoms with Crippen LogP contribution >= 0.6 is 0 Å². The Balaban J connectivity index is 2.75.